The zero-order valence-corrected chi connectivity index (χ0v) is 16.3. The van der Waals surface area contributed by atoms with Crippen LogP contribution in [0.3, 0.4) is 0 Å². The van der Waals surface area contributed by atoms with Gasteiger partial charge in [-0.1, -0.05) is 26.8 Å². The number of nitrogens with one attached hydrogen (secondary N) is 1. The number of rotatable bonds is 5. The SMILES string of the molecule is COc1cc(C)ccc1OCC(=O)Nc1ccc2oc(C(C)(C)C)nc2c1. The van der Waals surface area contributed by atoms with Crippen LogP contribution in [0.5, 0.6) is 11.5 Å². The molecule has 0 saturated carbocycles. The summed E-state index contributed by atoms with van der Waals surface area (Å²) in [6.07, 6.45) is 0. The fourth-order valence-electron chi connectivity index (χ4n) is 2.56. The first-order valence-electron chi connectivity index (χ1n) is 8.74. The largest absolute Gasteiger partial charge is 0.493 e. The summed E-state index contributed by atoms with van der Waals surface area (Å²) >= 11 is 0. The molecule has 3 rings (SSSR count). The average Bonchev–Trinajstić information content (AvgIpc) is 3.04. The number of hydrogen-bond acceptors (Lipinski definition) is 5. The van der Waals surface area contributed by atoms with E-state index in [2.05, 4.69) is 10.3 Å². The van der Waals surface area contributed by atoms with Crippen molar-refractivity contribution in [2.75, 3.05) is 19.0 Å². The van der Waals surface area contributed by atoms with E-state index in [1.165, 1.54) is 0 Å². The standard InChI is InChI=1S/C21H24N2O4/c1-13-6-8-17(18(10-13)25-5)26-12-19(24)22-14-7-9-16-15(11-14)23-20(27-16)21(2,3)4/h6-11H,12H2,1-5H3,(H,22,24). The average molecular weight is 368 g/mol. The molecule has 27 heavy (non-hydrogen) atoms. The second-order valence-electron chi connectivity index (χ2n) is 7.44. The summed E-state index contributed by atoms with van der Waals surface area (Å²) in [5.41, 5.74) is 2.92. The zero-order valence-electron chi connectivity index (χ0n) is 16.3. The first kappa shape index (κ1) is 18.8. The lowest BCUT2D eigenvalue weighted by Gasteiger charge is -2.11. The number of ether oxygens (including phenoxy) is 2. The van der Waals surface area contributed by atoms with Gasteiger partial charge in [-0.05, 0) is 42.8 Å². The van der Waals surface area contributed by atoms with Crippen LogP contribution in [0.2, 0.25) is 0 Å². The summed E-state index contributed by atoms with van der Waals surface area (Å²) in [4.78, 5) is 16.7. The smallest absolute Gasteiger partial charge is 0.262 e. The maximum absolute atomic E-state index is 12.2. The number of carbonyl (C=O) groups is 1. The topological polar surface area (TPSA) is 73.6 Å². The number of methoxy groups -OCH3 is 1. The lowest BCUT2D eigenvalue weighted by atomic mass is 9.97. The van der Waals surface area contributed by atoms with E-state index < -0.39 is 0 Å². The Kier molecular flexibility index (Phi) is 5.08. The van der Waals surface area contributed by atoms with Crippen LogP contribution in [0, 0.1) is 6.92 Å². The van der Waals surface area contributed by atoms with Crippen molar-refractivity contribution in [2.24, 2.45) is 0 Å². The number of aryl methyl sites for hydroxylation is 1. The van der Waals surface area contributed by atoms with E-state index in [4.69, 9.17) is 13.9 Å². The Morgan fingerprint density at radius 1 is 1.15 bits per heavy atom. The molecular weight excluding hydrogens is 344 g/mol. The fraction of sp³-hybridized carbons (Fsp3) is 0.333. The number of carbonyl (C=O) groups excluding carboxylic acids is 1. The molecule has 0 saturated heterocycles. The second-order valence-corrected chi connectivity index (χ2v) is 7.44. The van der Waals surface area contributed by atoms with Gasteiger partial charge in [0.1, 0.15) is 5.52 Å². The minimum Gasteiger partial charge on any atom is -0.493 e. The number of benzene rings is 2. The fourth-order valence-corrected chi connectivity index (χ4v) is 2.56. The lowest BCUT2D eigenvalue weighted by molar-refractivity contribution is -0.118. The monoisotopic (exact) mass is 368 g/mol. The Bertz CT molecular complexity index is 970. The van der Waals surface area contributed by atoms with Crippen molar-refractivity contribution < 1.29 is 18.7 Å². The third kappa shape index (κ3) is 4.39. The number of amides is 1. The van der Waals surface area contributed by atoms with E-state index in [1.54, 1.807) is 31.4 Å². The summed E-state index contributed by atoms with van der Waals surface area (Å²) in [7, 11) is 1.57. The maximum atomic E-state index is 12.2. The van der Waals surface area contributed by atoms with Crippen molar-refractivity contribution in [3.8, 4) is 11.5 Å². The second kappa shape index (κ2) is 7.31. The number of fused-ring (bicyclic) bond motifs is 1. The van der Waals surface area contributed by atoms with Crippen molar-refractivity contribution >= 4 is 22.7 Å². The van der Waals surface area contributed by atoms with Gasteiger partial charge in [-0.15, -0.1) is 0 Å². The van der Waals surface area contributed by atoms with Crippen molar-refractivity contribution in [1.82, 2.24) is 4.98 Å². The van der Waals surface area contributed by atoms with Crippen LogP contribution in [-0.2, 0) is 10.2 Å². The number of nitrogens with zero attached hydrogens (tertiary/aromatic N) is 1. The normalized spacial score (nSPS) is 11.4. The molecule has 6 nitrogen and oxygen atoms in total. The molecule has 1 heterocycles. The molecule has 0 atom stereocenters. The van der Waals surface area contributed by atoms with Crippen molar-refractivity contribution in [2.45, 2.75) is 33.1 Å². The first-order chi connectivity index (χ1) is 12.8. The van der Waals surface area contributed by atoms with Crippen LogP contribution in [0.15, 0.2) is 40.8 Å². The molecule has 0 aliphatic heterocycles. The molecule has 0 aliphatic carbocycles. The highest BCUT2D eigenvalue weighted by atomic mass is 16.5. The van der Waals surface area contributed by atoms with E-state index in [9.17, 15) is 4.79 Å². The molecule has 0 fully saturated rings. The zero-order chi connectivity index (χ0) is 19.6. The predicted octanol–water partition coefficient (Wildman–Crippen LogP) is 4.46. The minimum absolute atomic E-state index is 0.122. The Hall–Kier alpha value is -3.02. The van der Waals surface area contributed by atoms with Gasteiger partial charge in [0.15, 0.2) is 23.7 Å². The summed E-state index contributed by atoms with van der Waals surface area (Å²) in [6.45, 7) is 7.96. The van der Waals surface area contributed by atoms with Gasteiger partial charge >= 0.3 is 0 Å². The van der Waals surface area contributed by atoms with E-state index in [0.717, 1.165) is 5.56 Å². The Balaban J connectivity index is 1.67. The van der Waals surface area contributed by atoms with Gasteiger partial charge in [0, 0.05) is 11.1 Å². The van der Waals surface area contributed by atoms with Gasteiger partial charge in [-0.25, -0.2) is 4.98 Å². The minimum atomic E-state index is -0.267. The molecule has 3 aromatic rings. The van der Waals surface area contributed by atoms with Crippen LogP contribution < -0.4 is 14.8 Å². The first-order valence-corrected chi connectivity index (χ1v) is 8.74. The van der Waals surface area contributed by atoms with Gasteiger partial charge in [0.2, 0.25) is 5.89 Å². The van der Waals surface area contributed by atoms with Crippen molar-refractivity contribution in [1.29, 1.82) is 0 Å². The predicted molar refractivity (Wildman–Crippen MR) is 105 cm³/mol. The Morgan fingerprint density at radius 2 is 1.93 bits per heavy atom. The molecule has 0 bridgehead atoms. The van der Waals surface area contributed by atoms with Crippen LogP contribution >= 0.6 is 0 Å². The van der Waals surface area contributed by atoms with Gasteiger partial charge in [-0.3, -0.25) is 4.79 Å². The molecule has 2 aromatic carbocycles. The molecule has 0 aliphatic rings. The highest BCUT2D eigenvalue weighted by Gasteiger charge is 2.21. The summed E-state index contributed by atoms with van der Waals surface area (Å²) < 4.78 is 16.6. The van der Waals surface area contributed by atoms with Crippen LogP contribution in [0.4, 0.5) is 5.69 Å². The van der Waals surface area contributed by atoms with Gasteiger partial charge in [0.05, 0.1) is 7.11 Å². The van der Waals surface area contributed by atoms with Crippen LogP contribution in [0.25, 0.3) is 11.1 Å². The molecule has 0 unspecified atom stereocenters. The third-order valence-corrected chi connectivity index (χ3v) is 3.99. The Labute approximate surface area is 158 Å². The van der Waals surface area contributed by atoms with Gasteiger partial charge in [-0.2, -0.15) is 0 Å². The molecular formula is C21H24N2O4. The number of oxazole rings is 1. The highest BCUT2D eigenvalue weighted by Crippen LogP contribution is 2.28. The molecule has 1 amide bonds. The van der Waals surface area contributed by atoms with E-state index in [1.807, 2.05) is 39.8 Å². The highest BCUT2D eigenvalue weighted by molar-refractivity contribution is 5.93. The molecule has 1 N–H and O–H groups in total. The van der Waals surface area contributed by atoms with Crippen LogP contribution in [-0.4, -0.2) is 24.6 Å². The summed E-state index contributed by atoms with van der Waals surface area (Å²) in [5, 5.41) is 2.81. The molecule has 0 radical (unpaired) electrons. The van der Waals surface area contributed by atoms with Gasteiger partial charge < -0.3 is 19.2 Å². The van der Waals surface area contributed by atoms with Crippen molar-refractivity contribution in [3.05, 3.63) is 47.9 Å². The quantitative estimate of drug-likeness (QED) is 0.720. The van der Waals surface area contributed by atoms with E-state index in [0.29, 0.717) is 34.2 Å². The summed E-state index contributed by atoms with van der Waals surface area (Å²) in [6, 6.07) is 10.9. The molecule has 6 heteroatoms. The molecule has 0 spiro atoms. The number of anilines is 1. The molecule has 142 valence electrons. The lowest BCUT2D eigenvalue weighted by Crippen LogP contribution is -2.20. The number of hydrogen-bond donors (Lipinski definition) is 1. The van der Waals surface area contributed by atoms with Crippen molar-refractivity contribution in [3.63, 3.8) is 0 Å². The van der Waals surface area contributed by atoms with E-state index in [-0.39, 0.29) is 17.9 Å². The molecule has 1 aromatic heterocycles. The maximum Gasteiger partial charge on any atom is 0.262 e. The van der Waals surface area contributed by atoms with Gasteiger partial charge in [0.25, 0.3) is 5.91 Å². The van der Waals surface area contributed by atoms with Crippen LogP contribution in [0.1, 0.15) is 32.2 Å². The van der Waals surface area contributed by atoms with E-state index >= 15 is 0 Å². The third-order valence-electron chi connectivity index (χ3n) is 3.99. The summed E-state index contributed by atoms with van der Waals surface area (Å²) in [5.74, 6) is 1.52. The Morgan fingerprint density at radius 3 is 2.63 bits per heavy atom. The number of aromatic nitrogens is 1.